The predicted octanol–water partition coefficient (Wildman–Crippen LogP) is 1.42. The van der Waals surface area contributed by atoms with E-state index in [0.29, 0.717) is 0 Å². The minimum Gasteiger partial charge on any atom is -0.497 e. The van der Waals surface area contributed by atoms with Crippen LogP contribution in [-0.4, -0.2) is 45.2 Å². The number of likely N-dealkylation sites (N-methyl/N-ethyl adjacent to an activating group) is 1. The smallest absolute Gasteiger partial charge is 0.121 e. The van der Waals surface area contributed by atoms with Crippen LogP contribution in [0.15, 0.2) is 18.2 Å². The summed E-state index contributed by atoms with van der Waals surface area (Å²) in [6, 6.07) is 5.92. The summed E-state index contributed by atoms with van der Waals surface area (Å²) in [4.78, 5) is 4.72. The third kappa shape index (κ3) is 2.82. The highest BCUT2D eigenvalue weighted by Gasteiger charge is 2.14. The summed E-state index contributed by atoms with van der Waals surface area (Å²) in [6.45, 7) is 4.35. The Labute approximate surface area is 103 Å². The summed E-state index contributed by atoms with van der Waals surface area (Å²) in [5.74, 6) is 0.818. The van der Waals surface area contributed by atoms with Crippen LogP contribution in [0.25, 0.3) is 0 Å². The number of hydrogen-bond acceptors (Lipinski definition) is 4. The number of rotatable bonds is 2. The maximum absolute atomic E-state index is 6.08. The number of nitrogens with zero attached hydrogens (tertiary/aromatic N) is 2. The van der Waals surface area contributed by atoms with Crippen molar-refractivity contribution in [2.45, 2.75) is 6.42 Å². The molecule has 1 fully saturated rings. The molecule has 17 heavy (non-hydrogen) atoms. The third-order valence-electron chi connectivity index (χ3n) is 3.29. The van der Waals surface area contributed by atoms with Crippen LogP contribution in [0.2, 0.25) is 0 Å². The lowest BCUT2D eigenvalue weighted by molar-refractivity contribution is 0.360. The number of ether oxygens (including phenoxy) is 1. The molecule has 0 amide bonds. The van der Waals surface area contributed by atoms with Crippen molar-refractivity contribution in [3.63, 3.8) is 0 Å². The first-order valence-electron chi connectivity index (χ1n) is 6.07. The van der Waals surface area contributed by atoms with Gasteiger partial charge in [-0.15, -0.1) is 0 Å². The minimum atomic E-state index is 0.800. The van der Waals surface area contributed by atoms with E-state index in [1.54, 1.807) is 7.11 Å². The summed E-state index contributed by atoms with van der Waals surface area (Å²) in [5, 5.41) is 0. The first-order valence-corrected chi connectivity index (χ1v) is 6.07. The molecule has 4 heteroatoms. The second-order valence-electron chi connectivity index (χ2n) is 4.57. The zero-order chi connectivity index (χ0) is 12.3. The van der Waals surface area contributed by atoms with Crippen LogP contribution in [0.4, 0.5) is 11.4 Å². The lowest BCUT2D eigenvalue weighted by Gasteiger charge is -2.24. The molecule has 0 spiro atoms. The van der Waals surface area contributed by atoms with Gasteiger partial charge in [-0.3, -0.25) is 0 Å². The number of hydrogen-bond donors (Lipinski definition) is 1. The SMILES string of the molecule is COc1ccc(N2CCCN(C)CC2)c(N)c1. The van der Waals surface area contributed by atoms with E-state index in [0.717, 1.165) is 43.3 Å². The van der Waals surface area contributed by atoms with Gasteiger partial charge in [-0.1, -0.05) is 0 Å². The monoisotopic (exact) mass is 235 g/mol. The van der Waals surface area contributed by atoms with Crippen molar-refractivity contribution in [3.8, 4) is 5.75 Å². The molecule has 0 unspecified atom stereocenters. The van der Waals surface area contributed by atoms with Gasteiger partial charge in [0.2, 0.25) is 0 Å². The van der Waals surface area contributed by atoms with E-state index in [1.807, 2.05) is 12.1 Å². The first kappa shape index (κ1) is 12.0. The van der Waals surface area contributed by atoms with E-state index in [4.69, 9.17) is 10.5 Å². The topological polar surface area (TPSA) is 41.7 Å². The summed E-state index contributed by atoms with van der Waals surface area (Å²) in [6.07, 6.45) is 1.18. The molecule has 1 saturated heterocycles. The number of anilines is 2. The van der Waals surface area contributed by atoms with E-state index < -0.39 is 0 Å². The molecule has 2 N–H and O–H groups in total. The number of nitrogens with two attached hydrogens (primary N) is 1. The molecule has 0 atom stereocenters. The van der Waals surface area contributed by atoms with Gasteiger partial charge in [-0.05, 0) is 32.1 Å². The Morgan fingerprint density at radius 1 is 1.18 bits per heavy atom. The first-order chi connectivity index (χ1) is 8.20. The standard InChI is InChI=1S/C13H21N3O/c1-15-6-3-7-16(9-8-15)13-5-4-11(17-2)10-12(13)14/h4-5,10H,3,6-9,14H2,1-2H3. The molecule has 1 heterocycles. The molecule has 0 bridgehead atoms. The van der Waals surface area contributed by atoms with E-state index in [2.05, 4.69) is 22.9 Å². The van der Waals surface area contributed by atoms with Gasteiger partial charge in [-0.25, -0.2) is 0 Å². The van der Waals surface area contributed by atoms with Gasteiger partial charge < -0.3 is 20.3 Å². The highest BCUT2D eigenvalue weighted by molar-refractivity contribution is 5.69. The fourth-order valence-corrected chi connectivity index (χ4v) is 2.23. The van der Waals surface area contributed by atoms with Gasteiger partial charge in [0.1, 0.15) is 5.75 Å². The summed E-state index contributed by atoms with van der Waals surface area (Å²) < 4.78 is 5.17. The molecule has 0 aromatic heterocycles. The zero-order valence-corrected chi connectivity index (χ0v) is 10.6. The van der Waals surface area contributed by atoms with Gasteiger partial charge in [0.05, 0.1) is 18.5 Å². The quantitative estimate of drug-likeness (QED) is 0.787. The van der Waals surface area contributed by atoms with Gasteiger partial charge in [0.25, 0.3) is 0 Å². The molecule has 1 aliphatic rings. The highest BCUT2D eigenvalue weighted by atomic mass is 16.5. The maximum atomic E-state index is 6.08. The van der Waals surface area contributed by atoms with Crippen molar-refractivity contribution in [2.24, 2.45) is 0 Å². The zero-order valence-electron chi connectivity index (χ0n) is 10.6. The number of benzene rings is 1. The average molecular weight is 235 g/mol. The fraction of sp³-hybridized carbons (Fsp3) is 0.538. The van der Waals surface area contributed by atoms with E-state index >= 15 is 0 Å². The largest absolute Gasteiger partial charge is 0.497 e. The van der Waals surface area contributed by atoms with Crippen molar-refractivity contribution in [3.05, 3.63) is 18.2 Å². The summed E-state index contributed by atoms with van der Waals surface area (Å²) in [7, 11) is 3.83. The highest BCUT2D eigenvalue weighted by Crippen LogP contribution is 2.28. The lowest BCUT2D eigenvalue weighted by atomic mass is 10.2. The lowest BCUT2D eigenvalue weighted by Crippen LogP contribution is -2.29. The predicted molar refractivity (Wildman–Crippen MR) is 71.7 cm³/mol. The Morgan fingerprint density at radius 2 is 2.00 bits per heavy atom. The average Bonchev–Trinajstić information content (AvgIpc) is 2.54. The van der Waals surface area contributed by atoms with Crippen molar-refractivity contribution >= 4 is 11.4 Å². The molecular formula is C13H21N3O. The van der Waals surface area contributed by atoms with E-state index in [1.165, 1.54) is 6.42 Å². The minimum absolute atomic E-state index is 0.800. The molecule has 1 aromatic rings. The molecule has 4 nitrogen and oxygen atoms in total. The Hall–Kier alpha value is -1.42. The van der Waals surface area contributed by atoms with Crippen LogP contribution < -0.4 is 15.4 Å². The van der Waals surface area contributed by atoms with Crippen molar-refractivity contribution < 1.29 is 4.74 Å². The third-order valence-corrected chi connectivity index (χ3v) is 3.29. The van der Waals surface area contributed by atoms with E-state index in [-0.39, 0.29) is 0 Å². The molecule has 1 aliphatic heterocycles. The normalized spacial score (nSPS) is 17.9. The molecule has 0 saturated carbocycles. The summed E-state index contributed by atoms with van der Waals surface area (Å²) in [5.41, 5.74) is 8.00. The Balaban J connectivity index is 2.15. The maximum Gasteiger partial charge on any atom is 0.121 e. The van der Waals surface area contributed by atoms with Crippen LogP contribution in [0, 0.1) is 0 Å². The van der Waals surface area contributed by atoms with Gasteiger partial charge in [-0.2, -0.15) is 0 Å². The van der Waals surface area contributed by atoms with Gasteiger partial charge in [0.15, 0.2) is 0 Å². The van der Waals surface area contributed by atoms with Crippen molar-refractivity contribution in [2.75, 3.05) is 51.0 Å². The molecule has 1 aromatic carbocycles. The molecular weight excluding hydrogens is 214 g/mol. The van der Waals surface area contributed by atoms with Gasteiger partial charge in [0, 0.05) is 25.7 Å². The van der Waals surface area contributed by atoms with Crippen LogP contribution in [-0.2, 0) is 0 Å². The second-order valence-corrected chi connectivity index (χ2v) is 4.57. The Morgan fingerprint density at radius 3 is 2.71 bits per heavy atom. The van der Waals surface area contributed by atoms with Crippen LogP contribution in [0.3, 0.4) is 0 Å². The second kappa shape index (κ2) is 5.27. The van der Waals surface area contributed by atoms with E-state index in [9.17, 15) is 0 Å². The van der Waals surface area contributed by atoms with Crippen molar-refractivity contribution in [1.82, 2.24) is 4.90 Å². The van der Waals surface area contributed by atoms with Crippen LogP contribution in [0.5, 0.6) is 5.75 Å². The summed E-state index contributed by atoms with van der Waals surface area (Å²) >= 11 is 0. The number of nitrogen functional groups attached to an aromatic ring is 1. The van der Waals surface area contributed by atoms with Crippen LogP contribution in [0.1, 0.15) is 6.42 Å². The molecule has 0 radical (unpaired) electrons. The Bertz CT molecular complexity index is 381. The number of methoxy groups -OCH3 is 1. The van der Waals surface area contributed by atoms with Crippen molar-refractivity contribution in [1.29, 1.82) is 0 Å². The fourth-order valence-electron chi connectivity index (χ4n) is 2.23. The molecule has 2 rings (SSSR count). The van der Waals surface area contributed by atoms with Gasteiger partial charge >= 0.3 is 0 Å². The Kier molecular flexibility index (Phi) is 3.74. The van der Waals surface area contributed by atoms with Crippen LogP contribution >= 0.6 is 0 Å². The molecule has 0 aliphatic carbocycles. The molecule has 94 valence electrons.